The summed E-state index contributed by atoms with van der Waals surface area (Å²) in [5.41, 5.74) is 6.88. The Morgan fingerprint density at radius 1 is 1.00 bits per heavy atom. The van der Waals surface area contributed by atoms with Gasteiger partial charge in [-0.3, -0.25) is 5.84 Å². The van der Waals surface area contributed by atoms with Gasteiger partial charge in [-0.1, -0.05) is 47.5 Å². The first-order valence-electron chi connectivity index (χ1n) is 6.01. The van der Waals surface area contributed by atoms with Gasteiger partial charge in [0.1, 0.15) is 0 Å². The van der Waals surface area contributed by atoms with Crippen molar-refractivity contribution < 1.29 is 0 Å². The number of hydrogen-bond acceptors (Lipinski definition) is 2. The predicted octanol–water partition coefficient (Wildman–Crippen LogP) is 4.16. The molecule has 19 heavy (non-hydrogen) atoms. The molecular weight excluding hydrogens is 279 g/mol. The fraction of sp³-hybridized carbons (Fsp3) is 0.200. The molecule has 0 spiro atoms. The molecule has 1 atom stereocenters. The van der Waals surface area contributed by atoms with Crippen LogP contribution >= 0.6 is 23.2 Å². The van der Waals surface area contributed by atoms with E-state index in [4.69, 9.17) is 29.0 Å². The molecule has 0 aliphatic rings. The average molecular weight is 295 g/mol. The number of aryl methyl sites for hydroxylation is 2. The van der Waals surface area contributed by atoms with Crippen LogP contribution < -0.4 is 11.3 Å². The van der Waals surface area contributed by atoms with E-state index in [2.05, 4.69) is 5.43 Å². The van der Waals surface area contributed by atoms with Gasteiger partial charge in [0.15, 0.2) is 0 Å². The van der Waals surface area contributed by atoms with E-state index in [1.54, 1.807) is 0 Å². The first-order valence-corrected chi connectivity index (χ1v) is 6.76. The molecule has 0 aliphatic carbocycles. The van der Waals surface area contributed by atoms with Crippen LogP contribution in [0.1, 0.15) is 28.3 Å². The third-order valence-electron chi connectivity index (χ3n) is 3.16. The summed E-state index contributed by atoms with van der Waals surface area (Å²) in [6.07, 6.45) is 0. The van der Waals surface area contributed by atoms with Crippen molar-refractivity contribution >= 4 is 23.2 Å². The van der Waals surface area contributed by atoms with Gasteiger partial charge in [0.2, 0.25) is 0 Å². The topological polar surface area (TPSA) is 38.0 Å². The van der Waals surface area contributed by atoms with E-state index >= 15 is 0 Å². The van der Waals surface area contributed by atoms with Crippen LogP contribution in [0.4, 0.5) is 0 Å². The highest BCUT2D eigenvalue weighted by Gasteiger charge is 2.16. The second kappa shape index (κ2) is 5.93. The third-order valence-corrected chi connectivity index (χ3v) is 3.90. The molecule has 3 N–H and O–H groups in total. The Labute approximate surface area is 123 Å². The molecule has 0 aromatic heterocycles. The summed E-state index contributed by atoms with van der Waals surface area (Å²) >= 11 is 12.5. The number of hydrazine groups is 1. The molecule has 0 heterocycles. The SMILES string of the molecule is Cc1ccc(C(NN)c2ccc(C)c(Cl)c2)c(Cl)c1. The molecule has 0 amide bonds. The average Bonchev–Trinajstić information content (AvgIpc) is 2.37. The minimum atomic E-state index is -0.175. The summed E-state index contributed by atoms with van der Waals surface area (Å²) in [6.45, 7) is 3.97. The quantitative estimate of drug-likeness (QED) is 0.659. The van der Waals surface area contributed by atoms with Gasteiger partial charge in [-0.25, -0.2) is 5.43 Å². The summed E-state index contributed by atoms with van der Waals surface area (Å²) in [5.74, 6) is 5.68. The van der Waals surface area contributed by atoms with Crippen LogP contribution in [0.2, 0.25) is 10.0 Å². The maximum atomic E-state index is 6.30. The molecule has 0 aliphatic heterocycles. The third kappa shape index (κ3) is 3.10. The summed E-state index contributed by atoms with van der Waals surface area (Å²) in [6, 6.07) is 11.6. The summed E-state index contributed by atoms with van der Waals surface area (Å²) in [4.78, 5) is 0. The van der Waals surface area contributed by atoms with Gasteiger partial charge in [-0.05, 0) is 48.2 Å². The Kier molecular flexibility index (Phi) is 4.48. The fourth-order valence-corrected chi connectivity index (χ4v) is 2.55. The van der Waals surface area contributed by atoms with Crippen molar-refractivity contribution in [2.45, 2.75) is 19.9 Å². The summed E-state index contributed by atoms with van der Waals surface area (Å²) in [7, 11) is 0. The summed E-state index contributed by atoms with van der Waals surface area (Å²) in [5, 5.41) is 1.42. The van der Waals surface area contributed by atoms with E-state index in [1.165, 1.54) is 0 Å². The minimum absolute atomic E-state index is 0.175. The van der Waals surface area contributed by atoms with Crippen LogP contribution in [-0.4, -0.2) is 0 Å². The molecule has 0 bridgehead atoms. The lowest BCUT2D eigenvalue weighted by Gasteiger charge is -2.19. The van der Waals surface area contributed by atoms with Crippen molar-refractivity contribution in [1.82, 2.24) is 5.43 Å². The second-order valence-electron chi connectivity index (χ2n) is 4.63. The van der Waals surface area contributed by atoms with E-state index in [1.807, 2.05) is 50.2 Å². The second-order valence-corrected chi connectivity index (χ2v) is 5.45. The first-order chi connectivity index (χ1) is 9.02. The van der Waals surface area contributed by atoms with Gasteiger partial charge in [0.25, 0.3) is 0 Å². The Hall–Kier alpha value is -1.06. The standard InChI is InChI=1S/C15H16Cl2N2/c1-9-3-6-12(14(17)7-9)15(19-18)11-5-4-10(2)13(16)8-11/h3-8,15,19H,18H2,1-2H3. The zero-order chi connectivity index (χ0) is 14.0. The van der Waals surface area contributed by atoms with E-state index in [0.29, 0.717) is 5.02 Å². The van der Waals surface area contributed by atoms with Gasteiger partial charge in [0.05, 0.1) is 6.04 Å². The molecule has 0 radical (unpaired) electrons. The highest BCUT2D eigenvalue weighted by Crippen LogP contribution is 2.30. The molecule has 2 aromatic carbocycles. The van der Waals surface area contributed by atoms with Crippen molar-refractivity contribution in [2.75, 3.05) is 0 Å². The first kappa shape index (κ1) is 14.4. The van der Waals surface area contributed by atoms with Gasteiger partial charge in [-0.15, -0.1) is 0 Å². The van der Waals surface area contributed by atoms with Crippen molar-refractivity contribution in [3.8, 4) is 0 Å². The Morgan fingerprint density at radius 2 is 1.74 bits per heavy atom. The minimum Gasteiger partial charge on any atom is -0.271 e. The van der Waals surface area contributed by atoms with Gasteiger partial charge >= 0.3 is 0 Å². The van der Waals surface area contributed by atoms with Gasteiger partial charge < -0.3 is 0 Å². The van der Waals surface area contributed by atoms with Crippen LogP contribution in [-0.2, 0) is 0 Å². The zero-order valence-corrected chi connectivity index (χ0v) is 12.4. The number of nitrogens with one attached hydrogen (secondary N) is 1. The van der Waals surface area contributed by atoms with Crippen molar-refractivity contribution in [3.05, 3.63) is 68.7 Å². The molecule has 2 aromatic rings. The molecule has 100 valence electrons. The van der Waals surface area contributed by atoms with Crippen molar-refractivity contribution in [2.24, 2.45) is 5.84 Å². The molecule has 2 nitrogen and oxygen atoms in total. The highest BCUT2D eigenvalue weighted by molar-refractivity contribution is 6.32. The van der Waals surface area contributed by atoms with Crippen LogP contribution in [0.5, 0.6) is 0 Å². The van der Waals surface area contributed by atoms with Gasteiger partial charge in [-0.2, -0.15) is 0 Å². The molecule has 0 fully saturated rings. The number of benzene rings is 2. The number of hydrogen-bond donors (Lipinski definition) is 2. The van der Waals surface area contributed by atoms with Crippen molar-refractivity contribution in [3.63, 3.8) is 0 Å². The number of nitrogens with two attached hydrogens (primary N) is 1. The number of rotatable bonds is 3. The molecule has 0 saturated carbocycles. The Balaban J connectivity index is 2.46. The Bertz CT molecular complexity index is 597. The fourth-order valence-electron chi connectivity index (χ4n) is 2.02. The largest absolute Gasteiger partial charge is 0.271 e. The van der Waals surface area contributed by atoms with E-state index in [9.17, 15) is 0 Å². The van der Waals surface area contributed by atoms with Crippen LogP contribution in [0.25, 0.3) is 0 Å². The maximum absolute atomic E-state index is 6.30. The van der Waals surface area contributed by atoms with E-state index in [0.717, 1.165) is 27.3 Å². The normalized spacial score (nSPS) is 12.5. The Morgan fingerprint density at radius 3 is 2.32 bits per heavy atom. The van der Waals surface area contributed by atoms with E-state index < -0.39 is 0 Å². The molecule has 4 heteroatoms. The summed E-state index contributed by atoms with van der Waals surface area (Å²) < 4.78 is 0. The zero-order valence-electron chi connectivity index (χ0n) is 10.9. The van der Waals surface area contributed by atoms with E-state index in [-0.39, 0.29) is 6.04 Å². The molecule has 1 unspecified atom stereocenters. The lowest BCUT2D eigenvalue weighted by molar-refractivity contribution is 0.637. The predicted molar refractivity (Wildman–Crippen MR) is 81.5 cm³/mol. The highest BCUT2D eigenvalue weighted by atomic mass is 35.5. The van der Waals surface area contributed by atoms with Crippen LogP contribution in [0.15, 0.2) is 36.4 Å². The van der Waals surface area contributed by atoms with Crippen molar-refractivity contribution in [1.29, 1.82) is 0 Å². The van der Waals surface area contributed by atoms with Gasteiger partial charge in [0, 0.05) is 10.0 Å². The molecule has 2 rings (SSSR count). The smallest absolute Gasteiger partial charge is 0.0725 e. The lowest BCUT2D eigenvalue weighted by Crippen LogP contribution is -2.29. The maximum Gasteiger partial charge on any atom is 0.0725 e. The molecular formula is C15H16Cl2N2. The van der Waals surface area contributed by atoms with Crippen LogP contribution in [0, 0.1) is 13.8 Å². The monoisotopic (exact) mass is 294 g/mol. The lowest BCUT2D eigenvalue weighted by atomic mass is 9.97. The number of halogens is 2. The molecule has 0 saturated heterocycles. The van der Waals surface area contributed by atoms with Crippen LogP contribution in [0.3, 0.4) is 0 Å².